The fourth-order valence-corrected chi connectivity index (χ4v) is 2.01. The highest BCUT2D eigenvalue weighted by Crippen LogP contribution is 2.19. The van der Waals surface area contributed by atoms with Gasteiger partial charge in [0.1, 0.15) is 0 Å². The van der Waals surface area contributed by atoms with Gasteiger partial charge in [-0.3, -0.25) is 0 Å². The number of ether oxygens (including phenoxy) is 1. The van der Waals surface area contributed by atoms with E-state index in [1.165, 1.54) is 32.1 Å². The fourth-order valence-electron chi connectivity index (χ4n) is 2.01. The Bertz CT molecular complexity index is 191. The third kappa shape index (κ3) is 5.20. The predicted molar refractivity (Wildman–Crippen MR) is 63.7 cm³/mol. The number of rotatable bonds is 6. The van der Waals surface area contributed by atoms with Gasteiger partial charge in [-0.05, 0) is 19.3 Å². The average Bonchev–Trinajstić information content (AvgIpc) is 2.31. The van der Waals surface area contributed by atoms with Gasteiger partial charge in [0.25, 0.3) is 0 Å². The molecule has 0 aromatic carbocycles. The standard InChI is InChI=1S/C13H23NO/c1-3-12(4-2)14-10-11-15-13-8-6-5-7-9-13/h1,12-14H,4-11H2,2H3. The van der Waals surface area contributed by atoms with E-state index in [9.17, 15) is 0 Å². The molecule has 15 heavy (non-hydrogen) atoms. The van der Waals surface area contributed by atoms with Crippen LogP contribution in [-0.2, 0) is 4.74 Å². The van der Waals surface area contributed by atoms with Crippen molar-refractivity contribution in [3.63, 3.8) is 0 Å². The third-order valence-corrected chi connectivity index (χ3v) is 3.01. The summed E-state index contributed by atoms with van der Waals surface area (Å²) in [6.45, 7) is 3.77. The van der Waals surface area contributed by atoms with Crippen molar-refractivity contribution in [3.8, 4) is 12.3 Å². The molecule has 1 aliphatic rings. The molecule has 0 bridgehead atoms. The molecule has 0 aromatic rings. The zero-order chi connectivity index (χ0) is 10.9. The molecule has 0 amide bonds. The number of nitrogens with one attached hydrogen (secondary N) is 1. The lowest BCUT2D eigenvalue weighted by Crippen LogP contribution is -2.31. The monoisotopic (exact) mass is 209 g/mol. The van der Waals surface area contributed by atoms with Crippen LogP contribution < -0.4 is 5.32 Å². The second-order valence-corrected chi connectivity index (χ2v) is 4.21. The lowest BCUT2D eigenvalue weighted by atomic mass is 9.98. The summed E-state index contributed by atoms with van der Waals surface area (Å²) in [7, 11) is 0. The minimum Gasteiger partial charge on any atom is -0.377 e. The van der Waals surface area contributed by atoms with Gasteiger partial charge in [-0.15, -0.1) is 6.42 Å². The maximum Gasteiger partial charge on any atom is 0.0685 e. The largest absolute Gasteiger partial charge is 0.377 e. The summed E-state index contributed by atoms with van der Waals surface area (Å²) in [5.74, 6) is 2.72. The van der Waals surface area contributed by atoms with Crippen molar-refractivity contribution in [1.82, 2.24) is 5.32 Å². The zero-order valence-corrected chi connectivity index (χ0v) is 9.80. The molecule has 0 radical (unpaired) electrons. The molecule has 1 saturated carbocycles. The van der Waals surface area contributed by atoms with Crippen molar-refractivity contribution in [1.29, 1.82) is 0 Å². The maximum absolute atomic E-state index is 5.79. The first kappa shape index (κ1) is 12.5. The van der Waals surface area contributed by atoms with Crippen LogP contribution in [0.15, 0.2) is 0 Å². The van der Waals surface area contributed by atoms with Crippen LogP contribution in [0.1, 0.15) is 45.4 Å². The molecule has 1 aliphatic carbocycles. The zero-order valence-electron chi connectivity index (χ0n) is 9.80. The van der Waals surface area contributed by atoms with Gasteiger partial charge >= 0.3 is 0 Å². The van der Waals surface area contributed by atoms with Gasteiger partial charge in [0.05, 0.1) is 18.8 Å². The van der Waals surface area contributed by atoms with E-state index in [0.717, 1.165) is 19.6 Å². The summed E-state index contributed by atoms with van der Waals surface area (Å²) in [6, 6.07) is 0.208. The van der Waals surface area contributed by atoms with E-state index in [4.69, 9.17) is 11.2 Å². The van der Waals surface area contributed by atoms with Crippen LogP contribution in [0.5, 0.6) is 0 Å². The highest BCUT2D eigenvalue weighted by Gasteiger charge is 2.13. The van der Waals surface area contributed by atoms with Crippen molar-refractivity contribution in [2.75, 3.05) is 13.2 Å². The summed E-state index contributed by atoms with van der Waals surface area (Å²) in [5, 5.41) is 3.30. The SMILES string of the molecule is C#CC(CC)NCCOC1CCCCC1. The number of hydrogen-bond acceptors (Lipinski definition) is 2. The quantitative estimate of drug-likeness (QED) is 0.535. The Morgan fingerprint density at radius 2 is 2.13 bits per heavy atom. The summed E-state index contributed by atoms with van der Waals surface area (Å²) >= 11 is 0. The van der Waals surface area contributed by atoms with Crippen LogP contribution in [0.2, 0.25) is 0 Å². The molecule has 1 N–H and O–H groups in total. The Labute approximate surface area is 93.8 Å². The molecule has 0 saturated heterocycles. The average molecular weight is 209 g/mol. The molecule has 2 nitrogen and oxygen atoms in total. The molecule has 0 aromatic heterocycles. The van der Waals surface area contributed by atoms with Crippen molar-refractivity contribution in [2.45, 2.75) is 57.6 Å². The molecule has 1 unspecified atom stereocenters. The van der Waals surface area contributed by atoms with Gasteiger partial charge in [-0.2, -0.15) is 0 Å². The minimum absolute atomic E-state index is 0.208. The van der Waals surface area contributed by atoms with E-state index in [2.05, 4.69) is 18.2 Å². The molecule has 2 heteroatoms. The van der Waals surface area contributed by atoms with E-state index in [1.54, 1.807) is 0 Å². The first-order chi connectivity index (χ1) is 7.36. The van der Waals surface area contributed by atoms with Crippen LogP contribution in [0.3, 0.4) is 0 Å². The van der Waals surface area contributed by atoms with Crippen molar-refractivity contribution in [2.24, 2.45) is 0 Å². The molecule has 1 rings (SSSR count). The van der Waals surface area contributed by atoms with E-state index in [1.807, 2.05) is 0 Å². The van der Waals surface area contributed by atoms with Crippen molar-refractivity contribution in [3.05, 3.63) is 0 Å². The Kier molecular flexibility index (Phi) is 6.47. The molecular formula is C13H23NO. The second-order valence-electron chi connectivity index (χ2n) is 4.21. The second kappa shape index (κ2) is 7.73. The van der Waals surface area contributed by atoms with Crippen molar-refractivity contribution >= 4 is 0 Å². The van der Waals surface area contributed by atoms with Gasteiger partial charge in [0.2, 0.25) is 0 Å². The first-order valence-corrected chi connectivity index (χ1v) is 6.18. The van der Waals surface area contributed by atoms with Crippen LogP contribution in [0, 0.1) is 12.3 Å². The van der Waals surface area contributed by atoms with Gasteiger partial charge < -0.3 is 10.1 Å². The van der Waals surface area contributed by atoms with Gasteiger partial charge in [0.15, 0.2) is 0 Å². The smallest absolute Gasteiger partial charge is 0.0685 e. The van der Waals surface area contributed by atoms with Crippen LogP contribution >= 0.6 is 0 Å². The first-order valence-electron chi connectivity index (χ1n) is 6.18. The van der Waals surface area contributed by atoms with Crippen LogP contribution in [0.25, 0.3) is 0 Å². The van der Waals surface area contributed by atoms with Crippen LogP contribution in [0.4, 0.5) is 0 Å². The Balaban J connectivity index is 1.98. The predicted octanol–water partition coefficient (Wildman–Crippen LogP) is 2.34. The van der Waals surface area contributed by atoms with Crippen molar-refractivity contribution < 1.29 is 4.74 Å². The molecule has 0 aliphatic heterocycles. The molecule has 1 atom stereocenters. The fraction of sp³-hybridized carbons (Fsp3) is 0.846. The Hall–Kier alpha value is -0.520. The molecule has 1 fully saturated rings. The third-order valence-electron chi connectivity index (χ3n) is 3.01. The number of hydrogen-bond donors (Lipinski definition) is 1. The van der Waals surface area contributed by atoms with E-state index in [-0.39, 0.29) is 6.04 Å². The lowest BCUT2D eigenvalue weighted by molar-refractivity contribution is 0.0299. The summed E-state index contributed by atoms with van der Waals surface area (Å²) < 4.78 is 5.79. The molecule has 86 valence electrons. The van der Waals surface area contributed by atoms with Gasteiger partial charge in [0, 0.05) is 6.54 Å². The highest BCUT2D eigenvalue weighted by atomic mass is 16.5. The molecule has 0 heterocycles. The summed E-state index contributed by atoms with van der Waals surface area (Å²) in [4.78, 5) is 0. The van der Waals surface area contributed by atoms with Crippen LogP contribution in [-0.4, -0.2) is 25.3 Å². The van der Waals surface area contributed by atoms with Gasteiger partial charge in [-0.25, -0.2) is 0 Å². The number of terminal acetylenes is 1. The Morgan fingerprint density at radius 3 is 2.73 bits per heavy atom. The van der Waals surface area contributed by atoms with E-state index < -0.39 is 0 Å². The molecular weight excluding hydrogens is 186 g/mol. The summed E-state index contributed by atoms with van der Waals surface area (Å²) in [5.41, 5.74) is 0. The van der Waals surface area contributed by atoms with Gasteiger partial charge in [-0.1, -0.05) is 32.1 Å². The van der Waals surface area contributed by atoms with E-state index in [0.29, 0.717) is 6.10 Å². The lowest BCUT2D eigenvalue weighted by Gasteiger charge is -2.22. The summed E-state index contributed by atoms with van der Waals surface area (Å²) in [6.07, 6.45) is 13.4. The normalized spacial score (nSPS) is 19.7. The Morgan fingerprint density at radius 1 is 1.40 bits per heavy atom. The highest BCUT2D eigenvalue weighted by molar-refractivity contribution is 4.97. The van der Waals surface area contributed by atoms with E-state index >= 15 is 0 Å². The molecule has 0 spiro atoms. The maximum atomic E-state index is 5.79. The topological polar surface area (TPSA) is 21.3 Å². The minimum atomic E-state index is 0.208.